The van der Waals surface area contributed by atoms with Crippen LogP contribution in [0.3, 0.4) is 0 Å². The average molecular weight is 480 g/mol. The molecule has 7 fully saturated rings. The summed E-state index contributed by atoms with van der Waals surface area (Å²) in [6, 6.07) is 0.0378. The maximum Gasteiger partial charge on any atom is 0.148 e. The highest BCUT2D eigenvalue weighted by atomic mass is 16.7. The Hall–Kier alpha value is -0.320. The number of rotatable bonds is 6. The van der Waals surface area contributed by atoms with E-state index in [-0.39, 0.29) is 53.8 Å². The van der Waals surface area contributed by atoms with Crippen LogP contribution in [0.2, 0.25) is 0 Å². The molecule has 5 saturated carbocycles. The lowest BCUT2D eigenvalue weighted by atomic mass is 9.42. The summed E-state index contributed by atoms with van der Waals surface area (Å²) in [6.07, 6.45) is 3.20. The Labute approximate surface area is 202 Å². The summed E-state index contributed by atoms with van der Waals surface area (Å²) in [5.74, 6) is 0.813. The molecule has 0 aromatic rings. The van der Waals surface area contributed by atoms with Gasteiger partial charge in [-0.3, -0.25) is 4.90 Å². The second-order valence-corrected chi connectivity index (χ2v) is 12.2. The Bertz CT molecular complexity index is 859. The van der Waals surface area contributed by atoms with Gasteiger partial charge >= 0.3 is 0 Å². The molecule has 2 saturated heterocycles. The molecule has 2 aliphatic heterocycles. The smallest absolute Gasteiger partial charge is 0.148 e. The van der Waals surface area contributed by atoms with Crippen LogP contribution in [-0.4, -0.2) is 107 Å². The Kier molecular flexibility index (Phi) is 4.81. The van der Waals surface area contributed by atoms with Gasteiger partial charge in [-0.2, -0.15) is 0 Å². The second-order valence-electron chi connectivity index (χ2n) is 12.2. The van der Waals surface area contributed by atoms with E-state index in [0.29, 0.717) is 18.4 Å². The predicted octanol–water partition coefficient (Wildman–Crippen LogP) is 1.29. The van der Waals surface area contributed by atoms with Gasteiger partial charge in [-0.1, -0.05) is 6.92 Å². The van der Waals surface area contributed by atoms with Crippen molar-refractivity contribution in [3.05, 3.63) is 0 Å². The van der Waals surface area contributed by atoms with Crippen molar-refractivity contribution in [2.45, 2.75) is 74.3 Å². The molecule has 8 heteroatoms. The van der Waals surface area contributed by atoms with Crippen molar-refractivity contribution < 1.29 is 33.5 Å². The highest BCUT2D eigenvalue weighted by molar-refractivity contribution is 5.42. The average Bonchev–Trinajstić information content (AvgIpc) is 3.42. The van der Waals surface area contributed by atoms with Gasteiger partial charge < -0.3 is 33.5 Å². The van der Waals surface area contributed by atoms with Gasteiger partial charge in [0.05, 0.1) is 37.1 Å². The molecule has 0 radical (unpaired) electrons. The van der Waals surface area contributed by atoms with Gasteiger partial charge in [0.25, 0.3) is 0 Å². The molecule has 7 rings (SSSR count). The normalized spacial score (nSPS) is 61.1. The van der Waals surface area contributed by atoms with Crippen molar-refractivity contribution >= 4 is 0 Å². The number of piperidine rings is 1. The van der Waals surface area contributed by atoms with Crippen LogP contribution in [0.1, 0.15) is 32.6 Å². The third-order valence-corrected chi connectivity index (χ3v) is 12.0. The number of likely N-dealkylation sites (tertiary alicyclic amines) is 1. The molecule has 5 aliphatic carbocycles. The topological polar surface area (TPSA) is 78.9 Å². The van der Waals surface area contributed by atoms with E-state index in [9.17, 15) is 5.11 Å². The molecule has 1 N–H and O–H groups in total. The van der Waals surface area contributed by atoms with E-state index in [0.717, 1.165) is 38.8 Å². The largest absolute Gasteiger partial charge is 0.390 e. The van der Waals surface area contributed by atoms with E-state index in [1.165, 1.54) is 0 Å². The number of aliphatic hydroxyl groups excluding tert-OH is 1. The molecule has 3 spiro atoms. The molecule has 34 heavy (non-hydrogen) atoms. The molecule has 0 aromatic carbocycles. The minimum absolute atomic E-state index is 0.0240. The van der Waals surface area contributed by atoms with E-state index in [2.05, 4.69) is 11.8 Å². The van der Waals surface area contributed by atoms with E-state index >= 15 is 0 Å². The number of ether oxygens (including phenoxy) is 6. The van der Waals surface area contributed by atoms with E-state index < -0.39 is 17.3 Å². The zero-order chi connectivity index (χ0) is 23.7. The summed E-state index contributed by atoms with van der Waals surface area (Å²) >= 11 is 0. The lowest BCUT2D eigenvalue weighted by Gasteiger charge is -2.70. The Morgan fingerprint density at radius 2 is 1.91 bits per heavy atom. The minimum Gasteiger partial charge on any atom is -0.390 e. The van der Waals surface area contributed by atoms with Crippen molar-refractivity contribution in [1.82, 2.24) is 4.90 Å². The molecular formula is C26H41NO7. The van der Waals surface area contributed by atoms with Crippen molar-refractivity contribution in [2.75, 3.05) is 54.9 Å². The van der Waals surface area contributed by atoms with Gasteiger partial charge in [-0.15, -0.1) is 0 Å². The van der Waals surface area contributed by atoms with E-state index in [1.54, 1.807) is 7.11 Å². The molecule has 7 aliphatic rings. The molecule has 13 atom stereocenters. The number of methoxy groups -OCH3 is 4. The standard InChI is InChI=1S/C26H41NO7/c1-6-27-11-23(12-29-2)8-7-17(31-4)25-15-9-14-16(30-3)10-24(18(15)19(14)32-5)26(22(25)27,34-13-33-24)21(28)20(23)25/h14-22,28H,6-13H2,1-5H3/t14-,15+,16+,17+,18-,19+,20+,21+,22+,23+,24-,25+,26+/m1/s1. The quantitative estimate of drug-likeness (QED) is 0.611. The molecule has 0 amide bonds. The third-order valence-electron chi connectivity index (χ3n) is 12.0. The summed E-state index contributed by atoms with van der Waals surface area (Å²) in [5, 5.41) is 12.6. The zero-order valence-electron chi connectivity index (χ0n) is 21.2. The molecule has 8 nitrogen and oxygen atoms in total. The fourth-order valence-corrected chi connectivity index (χ4v) is 11.7. The second kappa shape index (κ2) is 7.16. The fourth-order valence-electron chi connectivity index (χ4n) is 11.7. The van der Waals surface area contributed by atoms with Crippen LogP contribution in [0.5, 0.6) is 0 Å². The van der Waals surface area contributed by atoms with Gasteiger partial charge in [0.1, 0.15) is 18.0 Å². The lowest BCUT2D eigenvalue weighted by Crippen LogP contribution is -2.81. The first kappa shape index (κ1) is 22.8. The third kappa shape index (κ3) is 2.05. The van der Waals surface area contributed by atoms with Crippen LogP contribution >= 0.6 is 0 Å². The summed E-state index contributed by atoms with van der Waals surface area (Å²) in [4.78, 5) is 2.61. The Morgan fingerprint density at radius 1 is 1.09 bits per heavy atom. The molecular weight excluding hydrogens is 438 g/mol. The summed E-state index contributed by atoms with van der Waals surface area (Å²) in [6.45, 7) is 4.93. The minimum atomic E-state index is -0.825. The SMILES string of the molecule is CCN1C[C@]2(COC)CC[C@H](OC)[C@@]34[C@H]5C[C@H]6[C@H](OC)[C@@H]5[C@@]5(C[C@@H]6OC)OCO[C@@]5([C@@H](O)[C@@H]23)[C@@H]14. The first-order valence-corrected chi connectivity index (χ1v) is 13.2. The van der Waals surface area contributed by atoms with Gasteiger partial charge in [0.2, 0.25) is 0 Å². The molecule has 2 heterocycles. The highest BCUT2D eigenvalue weighted by Gasteiger charge is 2.93. The Morgan fingerprint density at radius 3 is 2.59 bits per heavy atom. The maximum absolute atomic E-state index is 12.6. The zero-order valence-corrected chi connectivity index (χ0v) is 21.2. The van der Waals surface area contributed by atoms with Crippen LogP contribution in [0.25, 0.3) is 0 Å². The predicted molar refractivity (Wildman–Crippen MR) is 121 cm³/mol. The van der Waals surface area contributed by atoms with Gasteiger partial charge in [0.15, 0.2) is 0 Å². The number of likely N-dealkylation sites (N-methyl/N-ethyl adjacent to an activating group) is 1. The maximum atomic E-state index is 12.6. The van der Waals surface area contributed by atoms with Crippen LogP contribution in [0.15, 0.2) is 0 Å². The van der Waals surface area contributed by atoms with E-state index in [1.807, 2.05) is 21.3 Å². The van der Waals surface area contributed by atoms with Gasteiger partial charge in [-0.05, 0) is 31.7 Å². The van der Waals surface area contributed by atoms with Crippen molar-refractivity contribution in [2.24, 2.45) is 34.5 Å². The molecule has 0 unspecified atom stereocenters. The number of hydrogen-bond donors (Lipinski definition) is 1. The van der Waals surface area contributed by atoms with Crippen molar-refractivity contribution in [1.29, 1.82) is 0 Å². The summed E-state index contributed by atoms with van der Waals surface area (Å²) in [5.41, 5.74) is -1.83. The van der Waals surface area contributed by atoms with Gasteiger partial charge in [-0.25, -0.2) is 0 Å². The van der Waals surface area contributed by atoms with Crippen molar-refractivity contribution in [3.8, 4) is 0 Å². The highest BCUT2D eigenvalue weighted by Crippen LogP contribution is 2.82. The first-order chi connectivity index (χ1) is 16.5. The number of aliphatic hydroxyl groups is 1. The number of fused-ring (bicyclic) bond motifs is 1. The van der Waals surface area contributed by atoms with Crippen LogP contribution < -0.4 is 0 Å². The summed E-state index contributed by atoms with van der Waals surface area (Å²) < 4.78 is 38.3. The van der Waals surface area contributed by atoms with Crippen molar-refractivity contribution in [3.63, 3.8) is 0 Å². The molecule has 0 aromatic heterocycles. The Balaban J connectivity index is 1.55. The molecule has 7 bridgehead atoms. The summed E-state index contributed by atoms with van der Waals surface area (Å²) in [7, 11) is 7.32. The van der Waals surface area contributed by atoms with Gasteiger partial charge in [0, 0.05) is 70.0 Å². The first-order valence-electron chi connectivity index (χ1n) is 13.2. The monoisotopic (exact) mass is 479 g/mol. The van der Waals surface area contributed by atoms with Crippen LogP contribution in [0, 0.1) is 34.5 Å². The lowest BCUT2D eigenvalue weighted by molar-refractivity contribution is -0.287. The molecule has 192 valence electrons. The van der Waals surface area contributed by atoms with Crippen LogP contribution in [0.4, 0.5) is 0 Å². The van der Waals surface area contributed by atoms with Crippen LogP contribution in [-0.2, 0) is 28.4 Å². The fraction of sp³-hybridized carbons (Fsp3) is 1.00. The number of hydrogen-bond acceptors (Lipinski definition) is 8. The van der Waals surface area contributed by atoms with E-state index in [4.69, 9.17) is 28.4 Å². The number of nitrogens with zero attached hydrogens (tertiary/aromatic N) is 1.